The van der Waals surface area contributed by atoms with Crippen LogP contribution in [0.5, 0.6) is 11.5 Å². The van der Waals surface area contributed by atoms with Gasteiger partial charge in [-0.2, -0.15) is 0 Å². The molecule has 0 unspecified atom stereocenters. The first-order chi connectivity index (χ1) is 13.4. The zero-order chi connectivity index (χ0) is 20.4. The van der Waals surface area contributed by atoms with Crippen LogP contribution in [0.25, 0.3) is 0 Å². The van der Waals surface area contributed by atoms with Crippen molar-refractivity contribution in [1.29, 1.82) is 0 Å². The molecule has 3 rings (SSSR count). The number of nitrogens with zero attached hydrogens (tertiary/aromatic N) is 1. The Morgan fingerprint density at radius 2 is 1.64 bits per heavy atom. The van der Waals surface area contributed by atoms with Crippen LogP contribution >= 0.6 is 0 Å². The third-order valence-electron chi connectivity index (χ3n) is 4.99. The number of hydrogen-bond donors (Lipinski definition) is 3. The van der Waals surface area contributed by atoms with E-state index in [0.29, 0.717) is 6.54 Å². The molecule has 0 saturated carbocycles. The van der Waals surface area contributed by atoms with Crippen molar-refractivity contribution in [1.82, 2.24) is 4.90 Å². The molecule has 7 nitrogen and oxygen atoms in total. The van der Waals surface area contributed by atoms with Crippen molar-refractivity contribution < 1.29 is 24.6 Å². The first kappa shape index (κ1) is 19.6. The standard InChI is InChI=1S/C21H22N2O5/c1-3-23(4-2)11-10-16(25)22-14-9-8-13-18(20(14)27)21(28)17-12(19(13)26)6-5-7-15(17)24/h5-9,24,27H,3-4,10-11H2,1-2H3,(H,22,25). The molecule has 2 aromatic rings. The number of aromatic hydroxyl groups is 2. The Morgan fingerprint density at radius 3 is 2.32 bits per heavy atom. The van der Waals surface area contributed by atoms with E-state index in [1.807, 2.05) is 13.8 Å². The predicted molar refractivity (Wildman–Crippen MR) is 104 cm³/mol. The molecule has 0 radical (unpaired) electrons. The number of anilines is 1. The van der Waals surface area contributed by atoms with Crippen molar-refractivity contribution in [2.75, 3.05) is 25.0 Å². The highest BCUT2D eigenvalue weighted by atomic mass is 16.3. The number of benzene rings is 2. The van der Waals surface area contributed by atoms with Crippen LogP contribution in [-0.2, 0) is 4.79 Å². The molecule has 28 heavy (non-hydrogen) atoms. The number of rotatable bonds is 6. The fraction of sp³-hybridized carbons (Fsp3) is 0.286. The number of amides is 1. The van der Waals surface area contributed by atoms with E-state index in [2.05, 4.69) is 10.2 Å². The Labute approximate surface area is 162 Å². The topological polar surface area (TPSA) is 107 Å². The third kappa shape index (κ3) is 3.36. The Balaban J connectivity index is 1.90. The van der Waals surface area contributed by atoms with Crippen LogP contribution in [0.1, 0.15) is 52.1 Å². The molecule has 0 fully saturated rings. The van der Waals surface area contributed by atoms with E-state index in [1.54, 1.807) is 0 Å². The van der Waals surface area contributed by atoms with E-state index in [9.17, 15) is 24.6 Å². The minimum atomic E-state index is -0.653. The summed E-state index contributed by atoms with van der Waals surface area (Å²) in [6.45, 7) is 6.24. The number of phenolic OH excluding ortho intramolecular Hbond substituents is 2. The number of hydrogen-bond acceptors (Lipinski definition) is 6. The summed E-state index contributed by atoms with van der Waals surface area (Å²) in [5, 5.41) is 23.2. The molecule has 7 heteroatoms. The smallest absolute Gasteiger partial charge is 0.225 e. The van der Waals surface area contributed by atoms with Gasteiger partial charge in [0.1, 0.15) is 5.75 Å². The molecular formula is C21H22N2O5. The minimum Gasteiger partial charge on any atom is -0.507 e. The highest BCUT2D eigenvalue weighted by molar-refractivity contribution is 6.30. The van der Waals surface area contributed by atoms with Crippen molar-refractivity contribution in [3.05, 3.63) is 52.6 Å². The van der Waals surface area contributed by atoms with E-state index in [1.165, 1.54) is 30.3 Å². The normalized spacial score (nSPS) is 12.7. The first-order valence-electron chi connectivity index (χ1n) is 9.18. The Hall–Kier alpha value is -3.19. The van der Waals surface area contributed by atoms with Gasteiger partial charge in [-0.15, -0.1) is 0 Å². The average molecular weight is 382 g/mol. The maximum atomic E-state index is 12.8. The fourth-order valence-electron chi connectivity index (χ4n) is 3.36. The summed E-state index contributed by atoms with van der Waals surface area (Å²) in [4.78, 5) is 39.8. The van der Waals surface area contributed by atoms with Gasteiger partial charge < -0.3 is 20.4 Å². The molecule has 3 N–H and O–H groups in total. The van der Waals surface area contributed by atoms with Gasteiger partial charge in [-0.05, 0) is 31.3 Å². The number of nitrogens with one attached hydrogen (secondary N) is 1. The Bertz CT molecular complexity index is 964. The van der Waals surface area contributed by atoms with Crippen molar-refractivity contribution in [2.45, 2.75) is 20.3 Å². The minimum absolute atomic E-state index is 0.0433. The summed E-state index contributed by atoms with van der Waals surface area (Å²) in [6, 6.07) is 7.06. The molecule has 1 aliphatic carbocycles. The molecular weight excluding hydrogens is 360 g/mol. The Kier molecular flexibility index (Phi) is 5.46. The van der Waals surface area contributed by atoms with Crippen LogP contribution in [-0.4, -0.2) is 52.2 Å². The van der Waals surface area contributed by atoms with E-state index < -0.39 is 17.3 Å². The average Bonchev–Trinajstić information content (AvgIpc) is 2.68. The van der Waals surface area contributed by atoms with Crippen molar-refractivity contribution in [3.63, 3.8) is 0 Å². The third-order valence-corrected chi connectivity index (χ3v) is 4.99. The second-order valence-electron chi connectivity index (χ2n) is 6.57. The van der Waals surface area contributed by atoms with Gasteiger partial charge >= 0.3 is 0 Å². The van der Waals surface area contributed by atoms with Gasteiger partial charge in [-0.25, -0.2) is 0 Å². The van der Waals surface area contributed by atoms with Crippen molar-refractivity contribution >= 4 is 23.2 Å². The molecule has 1 amide bonds. The first-order valence-corrected chi connectivity index (χ1v) is 9.18. The number of fused-ring (bicyclic) bond motifs is 2. The number of phenols is 2. The molecule has 0 aromatic heterocycles. The number of ketones is 2. The molecule has 0 heterocycles. The summed E-state index contributed by atoms with van der Waals surface area (Å²) in [5.74, 6) is -2.22. The zero-order valence-electron chi connectivity index (χ0n) is 15.8. The molecule has 2 aromatic carbocycles. The van der Waals surface area contributed by atoms with Gasteiger partial charge in [0.25, 0.3) is 0 Å². The van der Waals surface area contributed by atoms with E-state index in [0.717, 1.165) is 13.1 Å². The van der Waals surface area contributed by atoms with Crippen LogP contribution in [0.2, 0.25) is 0 Å². The van der Waals surface area contributed by atoms with Gasteiger partial charge in [0.05, 0.1) is 16.8 Å². The predicted octanol–water partition coefficient (Wildman–Crippen LogP) is 2.54. The lowest BCUT2D eigenvalue weighted by atomic mass is 9.83. The van der Waals surface area contributed by atoms with Crippen molar-refractivity contribution in [3.8, 4) is 11.5 Å². The van der Waals surface area contributed by atoms with Crippen LogP contribution in [0.3, 0.4) is 0 Å². The molecule has 146 valence electrons. The maximum Gasteiger partial charge on any atom is 0.225 e. The molecule has 0 saturated heterocycles. The lowest BCUT2D eigenvalue weighted by Crippen LogP contribution is -2.27. The Morgan fingerprint density at radius 1 is 0.964 bits per heavy atom. The summed E-state index contributed by atoms with van der Waals surface area (Å²) in [5.41, 5.74) is -0.154. The summed E-state index contributed by atoms with van der Waals surface area (Å²) in [7, 11) is 0. The summed E-state index contributed by atoms with van der Waals surface area (Å²) in [6.07, 6.45) is 0.231. The van der Waals surface area contributed by atoms with E-state index in [4.69, 9.17) is 0 Å². The molecule has 1 aliphatic rings. The van der Waals surface area contributed by atoms with E-state index in [-0.39, 0.29) is 46.0 Å². The van der Waals surface area contributed by atoms with Gasteiger partial charge in [0, 0.05) is 24.1 Å². The van der Waals surface area contributed by atoms with Crippen LogP contribution < -0.4 is 5.32 Å². The molecule has 0 bridgehead atoms. The highest BCUT2D eigenvalue weighted by Crippen LogP contribution is 2.39. The van der Waals surface area contributed by atoms with Gasteiger partial charge in [0.2, 0.25) is 11.7 Å². The van der Waals surface area contributed by atoms with Crippen molar-refractivity contribution in [2.24, 2.45) is 0 Å². The SMILES string of the molecule is CCN(CC)CCC(=O)Nc1ccc2c(c1O)C(=O)c1c(O)cccc1C2=O. The highest BCUT2D eigenvalue weighted by Gasteiger charge is 2.35. The van der Waals surface area contributed by atoms with Gasteiger partial charge in [0.15, 0.2) is 11.5 Å². The quantitative estimate of drug-likeness (QED) is 0.566. The van der Waals surface area contributed by atoms with Crippen LogP contribution in [0, 0.1) is 0 Å². The zero-order valence-corrected chi connectivity index (χ0v) is 15.8. The largest absolute Gasteiger partial charge is 0.507 e. The van der Waals surface area contributed by atoms with Gasteiger partial charge in [-0.3, -0.25) is 14.4 Å². The number of carbonyl (C=O) groups is 3. The maximum absolute atomic E-state index is 12.8. The van der Waals surface area contributed by atoms with E-state index >= 15 is 0 Å². The fourth-order valence-corrected chi connectivity index (χ4v) is 3.36. The van der Waals surface area contributed by atoms with Crippen LogP contribution in [0.4, 0.5) is 5.69 Å². The lowest BCUT2D eigenvalue weighted by molar-refractivity contribution is -0.116. The summed E-state index contributed by atoms with van der Waals surface area (Å²) < 4.78 is 0. The second-order valence-corrected chi connectivity index (χ2v) is 6.57. The molecule has 0 aliphatic heterocycles. The lowest BCUT2D eigenvalue weighted by Gasteiger charge is -2.21. The summed E-state index contributed by atoms with van der Waals surface area (Å²) >= 11 is 0. The van der Waals surface area contributed by atoms with Gasteiger partial charge in [-0.1, -0.05) is 26.0 Å². The molecule has 0 atom stereocenters. The molecule has 0 spiro atoms. The second kappa shape index (κ2) is 7.82. The monoisotopic (exact) mass is 382 g/mol. The van der Waals surface area contributed by atoms with Crippen LogP contribution in [0.15, 0.2) is 30.3 Å². The number of carbonyl (C=O) groups excluding carboxylic acids is 3.